The number of halogens is 3. The van der Waals surface area contributed by atoms with E-state index in [9.17, 15) is 28.1 Å². The number of nitrogens with zero attached hydrogens (tertiary/aromatic N) is 1. The third-order valence-corrected chi connectivity index (χ3v) is 3.46. The predicted molar refractivity (Wildman–Crippen MR) is 88.0 cm³/mol. The van der Waals surface area contributed by atoms with Crippen molar-refractivity contribution in [2.75, 3.05) is 5.32 Å². The quantitative estimate of drug-likeness (QED) is 0.629. The Balaban J connectivity index is 2.08. The molecule has 1 N–H and O–H groups in total. The molecule has 1 atom stereocenters. The summed E-state index contributed by atoms with van der Waals surface area (Å²) in [6, 6.07) is 8.20. The Morgan fingerprint density at radius 2 is 1.81 bits per heavy atom. The number of nitro groups is 1. The van der Waals surface area contributed by atoms with Gasteiger partial charge >= 0.3 is 11.9 Å². The number of nitrogens with one attached hydrogen (secondary N) is 1. The molecule has 0 fully saturated rings. The maximum absolute atomic E-state index is 12.5. The van der Waals surface area contributed by atoms with Gasteiger partial charge in [0.1, 0.15) is 0 Å². The monoisotopic (exact) mass is 368 g/mol. The lowest BCUT2D eigenvalue weighted by molar-refractivity contribution is -0.386. The average molecular weight is 368 g/mol. The fourth-order valence-electron chi connectivity index (χ4n) is 2.10. The standard InChI is InChI=1S/C17H15F3N2O4/c1-10-3-8-15(14(9-10)22(24)25)26-11(2)16(23)21-13-6-4-12(5-7-13)17(18,19)20/h3-9,11H,1-2H3,(H,21,23)/t11-/m1/s1. The molecule has 0 spiro atoms. The van der Waals surface area contributed by atoms with Gasteiger partial charge in [0.2, 0.25) is 0 Å². The number of hydrogen-bond donors (Lipinski definition) is 1. The Hall–Kier alpha value is -3.10. The van der Waals surface area contributed by atoms with Gasteiger partial charge in [-0.15, -0.1) is 0 Å². The number of benzene rings is 2. The van der Waals surface area contributed by atoms with Crippen LogP contribution in [0.2, 0.25) is 0 Å². The van der Waals surface area contributed by atoms with E-state index in [1.54, 1.807) is 13.0 Å². The number of alkyl halides is 3. The molecule has 1 amide bonds. The second kappa shape index (κ2) is 7.42. The molecular weight excluding hydrogens is 353 g/mol. The Kier molecular flexibility index (Phi) is 5.49. The molecule has 138 valence electrons. The largest absolute Gasteiger partial charge is 0.474 e. The van der Waals surface area contributed by atoms with Gasteiger partial charge in [0.25, 0.3) is 5.91 Å². The normalized spacial score (nSPS) is 12.3. The third kappa shape index (κ3) is 4.71. The molecule has 0 unspecified atom stereocenters. The van der Waals surface area contributed by atoms with E-state index in [0.29, 0.717) is 5.56 Å². The van der Waals surface area contributed by atoms with E-state index in [1.807, 2.05) is 0 Å². The van der Waals surface area contributed by atoms with Crippen LogP contribution >= 0.6 is 0 Å². The number of aryl methyl sites for hydroxylation is 1. The maximum Gasteiger partial charge on any atom is 0.416 e. The van der Waals surface area contributed by atoms with Crippen LogP contribution in [-0.4, -0.2) is 16.9 Å². The topological polar surface area (TPSA) is 81.5 Å². The lowest BCUT2D eigenvalue weighted by atomic mass is 10.2. The first kappa shape index (κ1) is 19.2. The number of rotatable bonds is 5. The molecule has 0 heterocycles. The molecule has 0 aliphatic carbocycles. The zero-order chi connectivity index (χ0) is 19.5. The number of anilines is 1. The molecule has 0 aliphatic rings. The highest BCUT2D eigenvalue weighted by Gasteiger charge is 2.30. The lowest BCUT2D eigenvalue weighted by Crippen LogP contribution is -2.30. The van der Waals surface area contributed by atoms with Gasteiger partial charge in [-0.2, -0.15) is 13.2 Å². The second-order valence-electron chi connectivity index (χ2n) is 5.55. The number of ether oxygens (including phenoxy) is 1. The van der Waals surface area contributed by atoms with Crippen LogP contribution in [-0.2, 0) is 11.0 Å². The SMILES string of the molecule is Cc1ccc(O[C@H](C)C(=O)Nc2ccc(C(F)(F)F)cc2)c([N+](=O)[O-])c1. The van der Waals surface area contributed by atoms with Crippen LogP contribution in [0.25, 0.3) is 0 Å². The van der Waals surface area contributed by atoms with Crippen molar-refractivity contribution in [3.63, 3.8) is 0 Å². The average Bonchev–Trinajstić information content (AvgIpc) is 2.55. The van der Waals surface area contributed by atoms with Crippen LogP contribution in [0.3, 0.4) is 0 Å². The van der Waals surface area contributed by atoms with Crippen molar-refractivity contribution in [3.8, 4) is 5.75 Å². The van der Waals surface area contributed by atoms with Crippen molar-refractivity contribution in [3.05, 3.63) is 63.7 Å². The minimum Gasteiger partial charge on any atom is -0.474 e. The Bertz CT molecular complexity index is 820. The van der Waals surface area contributed by atoms with E-state index in [1.165, 1.54) is 19.1 Å². The van der Waals surface area contributed by atoms with E-state index >= 15 is 0 Å². The molecule has 0 radical (unpaired) electrons. The summed E-state index contributed by atoms with van der Waals surface area (Å²) in [5, 5.41) is 13.5. The molecule has 9 heteroatoms. The molecule has 0 saturated heterocycles. The fraction of sp³-hybridized carbons (Fsp3) is 0.235. The van der Waals surface area contributed by atoms with Crippen LogP contribution in [0.4, 0.5) is 24.5 Å². The molecule has 2 aromatic rings. The zero-order valence-corrected chi connectivity index (χ0v) is 13.8. The summed E-state index contributed by atoms with van der Waals surface area (Å²) >= 11 is 0. The molecule has 6 nitrogen and oxygen atoms in total. The summed E-state index contributed by atoms with van der Waals surface area (Å²) in [4.78, 5) is 22.6. The molecular formula is C17H15F3N2O4. The van der Waals surface area contributed by atoms with Crippen LogP contribution in [0.15, 0.2) is 42.5 Å². The molecule has 0 aromatic heterocycles. The molecule has 0 saturated carbocycles. The van der Waals surface area contributed by atoms with E-state index in [0.717, 1.165) is 24.3 Å². The molecule has 0 bridgehead atoms. The Morgan fingerprint density at radius 3 is 2.35 bits per heavy atom. The summed E-state index contributed by atoms with van der Waals surface area (Å²) in [5.74, 6) is -0.727. The van der Waals surface area contributed by atoms with Gasteiger partial charge in [-0.1, -0.05) is 6.07 Å². The van der Waals surface area contributed by atoms with Crippen molar-refractivity contribution in [1.82, 2.24) is 0 Å². The van der Waals surface area contributed by atoms with Gasteiger partial charge in [-0.3, -0.25) is 14.9 Å². The van der Waals surface area contributed by atoms with Crippen LogP contribution in [0.1, 0.15) is 18.1 Å². The summed E-state index contributed by atoms with van der Waals surface area (Å²) in [7, 11) is 0. The van der Waals surface area contributed by atoms with Gasteiger partial charge in [-0.25, -0.2) is 0 Å². The number of amides is 1. The smallest absolute Gasteiger partial charge is 0.416 e. The van der Waals surface area contributed by atoms with Crippen molar-refractivity contribution in [1.29, 1.82) is 0 Å². The van der Waals surface area contributed by atoms with Crippen molar-refractivity contribution < 1.29 is 27.6 Å². The highest BCUT2D eigenvalue weighted by Crippen LogP contribution is 2.30. The highest BCUT2D eigenvalue weighted by atomic mass is 19.4. The van der Waals surface area contributed by atoms with Gasteiger partial charge in [0.15, 0.2) is 11.9 Å². The zero-order valence-electron chi connectivity index (χ0n) is 13.8. The summed E-state index contributed by atoms with van der Waals surface area (Å²) in [6.07, 6.45) is -5.57. The first-order valence-electron chi connectivity index (χ1n) is 7.48. The first-order chi connectivity index (χ1) is 12.1. The van der Waals surface area contributed by atoms with Crippen molar-refractivity contribution >= 4 is 17.3 Å². The Labute approximate surface area is 146 Å². The maximum atomic E-state index is 12.5. The number of carbonyl (C=O) groups excluding carboxylic acids is 1. The van der Waals surface area contributed by atoms with Gasteiger partial charge in [0, 0.05) is 11.8 Å². The van der Waals surface area contributed by atoms with Crippen LogP contribution in [0.5, 0.6) is 5.75 Å². The lowest BCUT2D eigenvalue weighted by Gasteiger charge is -2.15. The van der Waals surface area contributed by atoms with Crippen LogP contribution in [0, 0.1) is 17.0 Å². The summed E-state index contributed by atoms with van der Waals surface area (Å²) in [6.45, 7) is 3.06. The number of hydrogen-bond acceptors (Lipinski definition) is 4. The van der Waals surface area contributed by atoms with E-state index in [2.05, 4.69) is 5.32 Å². The van der Waals surface area contributed by atoms with Gasteiger partial charge < -0.3 is 10.1 Å². The first-order valence-corrected chi connectivity index (χ1v) is 7.48. The van der Waals surface area contributed by atoms with Crippen molar-refractivity contribution in [2.45, 2.75) is 26.1 Å². The van der Waals surface area contributed by atoms with Crippen LogP contribution < -0.4 is 10.1 Å². The molecule has 26 heavy (non-hydrogen) atoms. The summed E-state index contributed by atoms with van der Waals surface area (Å²) in [5.41, 5.74) is -0.308. The minimum absolute atomic E-state index is 0.0735. The predicted octanol–water partition coefficient (Wildman–Crippen LogP) is 4.33. The number of nitro benzene ring substituents is 1. The minimum atomic E-state index is -4.47. The fourth-order valence-corrected chi connectivity index (χ4v) is 2.10. The number of carbonyl (C=O) groups is 1. The molecule has 2 rings (SSSR count). The molecule has 2 aromatic carbocycles. The Morgan fingerprint density at radius 1 is 1.19 bits per heavy atom. The third-order valence-electron chi connectivity index (χ3n) is 3.46. The van der Waals surface area contributed by atoms with E-state index in [4.69, 9.17) is 4.74 Å². The van der Waals surface area contributed by atoms with E-state index in [-0.39, 0.29) is 17.1 Å². The van der Waals surface area contributed by atoms with E-state index < -0.39 is 28.7 Å². The highest BCUT2D eigenvalue weighted by molar-refractivity contribution is 5.94. The molecule has 0 aliphatic heterocycles. The van der Waals surface area contributed by atoms with Gasteiger partial charge in [0.05, 0.1) is 10.5 Å². The second-order valence-corrected chi connectivity index (χ2v) is 5.55. The summed E-state index contributed by atoms with van der Waals surface area (Å²) < 4.78 is 42.9. The van der Waals surface area contributed by atoms with Gasteiger partial charge in [-0.05, 0) is 49.7 Å². The van der Waals surface area contributed by atoms with Crippen molar-refractivity contribution in [2.24, 2.45) is 0 Å².